The van der Waals surface area contributed by atoms with E-state index >= 15 is 0 Å². The number of anilines is 1. The molecule has 0 radical (unpaired) electrons. The Balaban J connectivity index is 1.77. The lowest BCUT2D eigenvalue weighted by Crippen LogP contribution is -2.53. The molecule has 0 aliphatic heterocycles. The van der Waals surface area contributed by atoms with E-state index in [1.807, 2.05) is 106 Å². The van der Waals surface area contributed by atoms with Crippen molar-refractivity contribution in [1.29, 1.82) is 0 Å². The minimum Gasteiger partial charge on any atom is -0.354 e. The van der Waals surface area contributed by atoms with Crippen molar-refractivity contribution in [2.45, 2.75) is 39.8 Å². The van der Waals surface area contributed by atoms with Crippen LogP contribution < -0.4 is 9.62 Å². The van der Waals surface area contributed by atoms with Crippen LogP contribution in [0.1, 0.15) is 30.5 Å². The number of hydrogen-bond donors (Lipinski definition) is 1. The molecule has 4 aromatic carbocycles. The number of hydrogen-bond acceptors (Lipinski definition) is 4. The van der Waals surface area contributed by atoms with E-state index in [0.29, 0.717) is 12.2 Å². The zero-order chi connectivity index (χ0) is 30.3. The molecule has 42 heavy (non-hydrogen) atoms. The average Bonchev–Trinajstić information content (AvgIpc) is 2.96. The topological polar surface area (TPSA) is 86.8 Å². The van der Waals surface area contributed by atoms with Crippen LogP contribution in [0.15, 0.2) is 97.1 Å². The maximum atomic E-state index is 14.3. The van der Waals surface area contributed by atoms with Gasteiger partial charge in [-0.25, -0.2) is 8.42 Å². The molecule has 1 unspecified atom stereocenters. The summed E-state index contributed by atoms with van der Waals surface area (Å²) in [6.07, 6.45) is 1.39. The van der Waals surface area contributed by atoms with E-state index in [2.05, 4.69) is 5.32 Å². The van der Waals surface area contributed by atoms with Crippen LogP contribution in [0.4, 0.5) is 5.69 Å². The minimum atomic E-state index is -3.86. The molecule has 0 bridgehead atoms. The first-order chi connectivity index (χ1) is 20.0. The fourth-order valence-corrected chi connectivity index (χ4v) is 5.87. The van der Waals surface area contributed by atoms with Gasteiger partial charge < -0.3 is 10.2 Å². The molecule has 0 aliphatic carbocycles. The minimum absolute atomic E-state index is 0.153. The normalized spacial score (nSPS) is 12.2. The number of nitrogens with zero attached hydrogens (tertiary/aromatic N) is 2. The summed E-state index contributed by atoms with van der Waals surface area (Å²) >= 11 is 0. The van der Waals surface area contributed by atoms with Crippen molar-refractivity contribution in [2.75, 3.05) is 23.7 Å². The van der Waals surface area contributed by atoms with Crippen molar-refractivity contribution in [3.63, 3.8) is 0 Å². The Morgan fingerprint density at radius 3 is 2.17 bits per heavy atom. The maximum absolute atomic E-state index is 14.3. The molecule has 0 saturated heterocycles. The Hall–Kier alpha value is -4.17. The zero-order valence-electron chi connectivity index (χ0n) is 24.7. The molecule has 0 spiro atoms. The summed E-state index contributed by atoms with van der Waals surface area (Å²) in [5.74, 6) is -0.514. The number of amides is 2. The second-order valence-corrected chi connectivity index (χ2v) is 13.0. The SMILES string of the molecule is Cc1cccc(CN(C(=O)CN(c2cccc3ccccc23)S(C)(=O)=O)C(Cc2ccccc2)C(=O)NCC(C)C)c1. The lowest BCUT2D eigenvalue weighted by molar-refractivity contribution is -0.140. The summed E-state index contributed by atoms with van der Waals surface area (Å²) in [6, 6.07) is 29.3. The van der Waals surface area contributed by atoms with Gasteiger partial charge in [-0.05, 0) is 35.4 Å². The molecule has 0 aliphatic rings. The van der Waals surface area contributed by atoms with Crippen molar-refractivity contribution in [1.82, 2.24) is 10.2 Å². The van der Waals surface area contributed by atoms with Crippen LogP contribution in [0.2, 0.25) is 0 Å². The molecular formula is C34H39N3O4S. The Kier molecular flexibility index (Phi) is 10.0. The standard InChI is InChI=1S/C34H39N3O4S/c1-25(2)22-35-34(39)32(21-27-13-6-5-7-14-27)36(23-28-15-10-12-26(3)20-28)33(38)24-37(42(4,40)41)31-19-11-17-29-16-8-9-18-30(29)31/h5-20,25,32H,21-24H2,1-4H3,(H,35,39). The Labute approximate surface area is 249 Å². The molecule has 4 aromatic rings. The summed E-state index contributed by atoms with van der Waals surface area (Å²) in [6.45, 7) is 6.16. The quantitative estimate of drug-likeness (QED) is 0.244. The van der Waals surface area contributed by atoms with E-state index in [4.69, 9.17) is 0 Å². The first-order valence-corrected chi connectivity index (χ1v) is 16.0. The maximum Gasteiger partial charge on any atom is 0.244 e. The first kappa shape index (κ1) is 30.8. The molecule has 0 heterocycles. The van der Waals surface area contributed by atoms with E-state index in [-0.39, 0.29) is 24.8 Å². The third-order valence-electron chi connectivity index (χ3n) is 7.11. The fourth-order valence-electron chi connectivity index (χ4n) is 5.00. The molecule has 4 rings (SSSR count). The number of aryl methyl sites for hydroxylation is 1. The number of carbonyl (C=O) groups is 2. The Morgan fingerprint density at radius 1 is 0.833 bits per heavy atom. The van der Waals surface area contributed by atoms with Crippen LogP contribution in [0.5, 0.6) is 0 Å². The highest BCUT2D eigenvalue weighted by Crippen LogP contribution is 2.29. The third kappa shape index (κ3) is 7.97. The van der Waals surface area contributed by atoms with Gasteiger partial charge in [-0.3, -0.25) is 13.9 Å². The zero-order valence-corrected chi connectivity index (χ0v) is 25.5. The largest absolute Gasteiger partial charge is 0.354 e. The van der Waals surface area contributed by atoms with Crippen LogP contribution in [-0.2, 0) is 32.6 Å². The van der Waals surface area contributed by atoms with Gasteiger partial charge >= 0.3 is 0 Å². The summed E-state index contributed by atoms with van der Waals surface area (Å²) < 4.78 is 27.5. The fraction of sp³-hybridized carbons (Fsp3) is 0.294. The lowest BCUT2D eigenvalue weighted by atomic mass is 10.0. The van der Waals surface area contributed by atoms with Crippen LogP contribution >= 0.6 is 0 Å². The van der Waals surface area contributed by atoms with Crippen LogP contribution in [0.3, 0.4) is 0 Å². The molecular weight excluding hydrogens is 546 g/mol. The molecule has 1 N–H and O–H groups in total. The molecule has 2 amide bonds. The van der Waals surface area contributed by atoms with E-state index < -0.39 is 28.5 Å². The molecule has 220 valence electrons. The molecule has 0 aromatic heterocycles. The number of sulfonamides is 1. The number of carbonyl (C=O) groups excluding carboxylic acids is 2. The van der Waals surface area contributed by atoms with Gasteiger partial charge in [0.2, 0.25) is 21.8 Å². The smallest absolute Gasteiger partial charge is 0.244 e. The van der Waals surface area contributed by atoms with Gasteiger partial charge in [-0.2, -0.15) is 0 Å². The number of rotatable bonds is 12. The number of benzene rings is 4. The predicted octanol–water partition coefficient (Wildman–Crippen LogP) is 5.33. The highest BCUT2D eigenvalue weighted by atomic mass is 32.2. The van der Waals surface area contributed by atoms with Crippen molar-refractivity contribution >= 4 is 38.3 Å². The molecule has 8 heteroatoms. The van der Waals surface area contributed by atoms with E-state index in [1.165, 1.54) is 4.90 Å². The molecule has 0 fully saturated rings. The van der Waals surface area contributed by atoms with Gasteiger partial charge in [0, 0.05) is 24.9 Å². The number of fused-ring (bicyclic) bond motifs is 1. The van der Waals surface area contributed by atoms with Crippen molar-refractivity contribution in [2.24, 2.45) is 5.92 Å². The van der Waals surface area contributed by atoms with Crippen molar-refractivity contribution < 1.29 is 18.0 Å². The highest BCUT2D eigenvalue weighted by molar-refractivity contribution is 7.92. The van der Waals surface area contributed by atoms with Gasteiger partial charge in [0.05, 0.1) is 11.9 Å². The van der Waals surface area contributed by atoms with E-state index in [0.717, 1.165) is 38.0 Å². The third-order valence-corrected chi connectivity index (χ3v) is 8.23. The summed E-state index contributed by atoms with van der Waals surface area (Å²) in [4.78, 5) is 29.6. The van der Waals surface area contributed by atoms with Crippen molar-refractivity contribution in [3.8, 4) is 0 Å². The molecule has 0 saturated carbocycles. The Bertz CT molecular complexity index is 1630. The Morgan fingerprint density at radius 2 is 1.48 bits per heavy atom. The van der Waals surface area contributed by atoms with Crippen LogP contribution in [0.25, 0.3) is 10.8 Å². The molecule has 1 atom stereocenters. The van der Waals surface area contributed by atoms with Crippen LogP contribution in [-0.4, -0.2) is 50.5 Å². The second-order valence-electron chi connectivity index (χ2n) is 11.1. The van der Waals surface area contributed by atoms with Crippen LogP contribution in [0, 0.1) is 12.8 Å². The van der Waals surface area contributed by atoms with E-state index in [1.54, 1.807) is 12.1 Å². The van der Waals surface area contributed by atoms with Crippen molar-refractivity contribution in [3.05, 3.63) is 114 Å². The second kappa shape index (κ2) is 13.7. The van der Waals surface area contributed by atoms with Gasteiger partial charge in [-0.15, -0.1) is 0 Å². The van der Waals surface area contributed by atoms with Gasteiger partial charge in [0.1, 0.15) is 12.6 Å². The predicted molar refractivity (Wildman–Crippen MR) is 170 cm³/mol. The summed E-state index contributed by atoms with van der Waals surface area (Å²) in [7, 11) is -3.86. The number of nitrogens with one attached hydrogen (secondary N) is 1. The summed E-state index contributed by atoms with van der Waals surface area (Å²) in [5, 5.41) is 4.59. The highest BCUT2D eigenvalue weighted by Gasteiger charge is 2.33. The lowest BCUT2D eigenvalue weighted by Gasteiger charge is -2.34. The van der Waals surface area contributed by atoms with Gasteiger partial charge in [0.15, 0.2) is 0 Å². The molecule has 7 nitrogen and oxygen atoms in total. The average molecular weight is 586 g/mol. The van der Waals surface area contributed by atoms with Gasteiger partial charge in [0.25, 0.3) is 0 Å². The summed E-state index contributed by atoms with van der Waals surface area (Å²) in [5.41, 5.74) is 3.20. The monoisotopic (exact) mass is 585 g/mol. The van der Waals surface area contributed by atoms with Gasteiger partial charge in [-0.1, -0.05) is 110 Å². The van der Waals surface area contributed by atoms with E-state index in [9.17, 15) is 18.0 Å². The first-order valence-electron chi connectivity index (χ1n) is 14.1.